The molecule has 1 N–H and O–H groups in total. The Bertz CT molecular complexity index is 1310. The summed E-state index contributed by atoms with van der Waals surface area (Å²) in [6.45, 7) is 4.61. The van der Waals surface area contributed by atoms with E-state index in [4.69, 9.17) is 14.2 Å². The van der Waals surface area contributed by atoms with Crippen molar-refractivity contribution in [2.45, 2.75) is 238 Å². The molecule has 0 spiro atoms. The molecule has 0 aromatic carbocycles. The van der Waals surface area contributed by atoms with Gasteiger partial charge in [-0.25, -0.2) is 4.79 Å². The number of nitrogens with zero attached hydrogens (tertiary/aromatic N) is 1. The molecule has 0 bridgehead atoms. The zero-order valence-corrected chi connectivity index (χ0v) is 43.4. The zero-order chi connectivity index (χ0) is 48.4. The minimum Gasteiger partial charge on any atom is -0.477 e. The van der Waals surface area contributed by atoms with Gasteiger partial charge >= 0.3 is 17.9 Å². The third-order valence-electron chi connectivity index (χ3n) is 11.8. The molecule has 0 aliphatic rings. The second-order valence-electron chi connectivity index (χ2n) is 19.1. The molecule has 0 aromatic heterocycles. The third-order valence-corrected chi connectivity index (χ3v) is 11.8. The van der Waals surface area contributed by atoms with Gasteiger partial charge in [0.1, 0.15) is 6.61 Å². The molecule has 0 radical (unpaired) electrons. The van der Waals surface area contributed by atoms with E-state index in [0.717, 1.165) is 83.5 Å². The van der Waals surface area contributed by atoms with E-state index >= 15 is 0 Å². The molecule has 66 heavy (non-hydrogen) atoms. The minimum atomic E-state index is -0.881. The molecule has 8 nitrogen and oxygen atoms in total. The summed E-state index contributed by atoms with van der Waals surface area (Å²) in [4.78, 5) is 37.2. The number of unbranched alkanes of at least 4 members (excludes halogenated alkanes) is 22. The molecule has 0 aliphatic heterocycles. The van der Waals surface area contributed by atoms with Crippen molar-refractivity contribution >= 4 is 17.9 Å². The lowest BCUT2D eigenvalue weighted by Crippen LogP contribution is -2.50. The molecule has 0 aromatic rings. The number of carbonyl (C=O) groups excluding carboxylic acids is 2. The SMILES string of the molecule is CC/C=C/C/C=C/C/C=C/C/C=C/C/C=C/CCCCCCC(=O)OC(COCCC(C(=O)O)[N+](C)(C)C)COC(=O)CCCCCCCCC/C=C/CCCCCCCCCCCCC. The molecular weight excluding hydrogens is 823 g/mol. The number of likely N-dealkylation sites (N-methyl/N-ethyl adjacent to an activating group) is 1. The van der Waals surface area contributed by atoms with Gasteiger partial charge in [-0.1, -0.05) is 196 Å². The van der Waals surface area contributed by atoms with Crippen LogP contribution in [0.1, 0.15) is 226 Å². The third kappa shape index (κ3) is 45.9. The van der Waals surface area contributed by atoms with Crippen LogP contribution in [0.4, 0.5) is 0 Å². The van der Waals surface area contributed by atoms with E-state index in [0.29, 0.717) is 19.3 Å². The smallest absolute Gasteiger partial charge is 0.362 e. The first-order valence-corrected chi connectivity index (χ1v) is 27.0. The van der Waals surface area contributed by atoms with Crippen LogP contribution in [0, 0.1) is 0 Å². The predicted octanol–water partition coefficient (Wildman–Crippen LogP) is 15.9. The minimum absolute atomic E-state index is 0.0466. The lowest BCUT2D eigenvalue weighted by molar-refractivity contribution is -0.887. The van der Waals surface area contributed by atoms with E-state index in [1.807, 2.05) is 21.1 Å². The predicted molar refractivity (Wildman–Crippen MR) is 280 cm³/mol. The van der Waals surface area contributed by atoms with Gasteiger partial charge in [0.25, 0.3) is 0 Å². The number of esters is 2. The normalized spacial score (nSPS) is 13.4. The van der Waals surface area contributed by atoms with Crippen molar-refractivity contribution in [2.75, 3.05) is 41.0 Å². The standard InChI is InChI=1S/C58H101NO7/c1-6-8-10-12-14-16-18-20-22-24-26-28-29-31-32-34-36-38-40-42-44-46-48-56(60)65-53-54(52-64-51-50-55(58(62)63)59(3,4)5)66-57(61)49-47-45-43-41-39-37-35-33-30-27-25-23-21-19-17-15-13-11-9-7-2/h9,11,15,17,21,23,27,29-31,35,37,54-55H,6-8,10,12-14,16,18-20,22,24-26,28,32-34,36,38-53H2,1-5H3/p+1/b11-9+,17-15+,23-21+,30-27+,31-29+,37-35+. The maximum Gasteiger partial charge on any atom is 0.362 e. The first-order valence-electron chi connectivity index (χ1n) is 27.0. The van der Waals surface area contributed by atoms with Gasteiger partial charge in [-0.2, -0.15) is 0 Å². The molecule has 380 valence electrons. The van der Waals surface area contributed by atoms with Crippen LogP contribution < -0.4 is 0 Å². The Balaban J connectivity index is 4.27. The summed E-state index contributed by atoms with van der Waals surface area (Å²) in [7, 11) is 5.52. The van der Waals surface area contributed by atoms with Gasteiger partial charge in [0.2, 0.25) is 0 Å². The summed E-state index contributed by atoms with van der Waals surface area (Å²) < 4.78 is 17.3. The highest BCUT2D eigenvalue weighted by atomic mass is 16.6. The summed E-state index contributed by atoms with van der Waals surface area (Å²) in [6, 6.07) is -0.624. The van der Waals surface area contributed by atoms with E-state index in [9.17, 15) is 19.5 Å². The van der Waals surface area contributed by atoms with Gasteiger partial charge in [0.05, 0.1) is 34.4 Å². The molecular formula is C58H102NO7+. The number of carboxylic acids is 1. The number of carboxylic acid groups (broad SMARTS) is 1. The number of quaternary nitrogens is 1. The van der Waals surface area contributed by atoms with E-state index in [-0.39, 0.29) is 36.2 Å². The summed E-state index contributed by atoms with van der Waals surface area (Å²) in [5.41, 5.74) is 0. The Kier molecular flexibility index (Phi) is 45.9. The van der Waals surface area contributed by atoms with Crippen LogP contribution in [0.15, 0.2) is 72.9 Å². The van der Waals surface area contributed by atoms with Crippen LogP contribution in [-0.2, 0) is 28.6 Å². The highest BCUT2D eigenvalue weighted by molar-refractivity contribution is 5.72. The number of hydrogen-bond acceptors (Lipinski definition) is 6. The quantitative estimate of drug-likeness (QED) is 0.0281. The molecule has 0 amide bonds. The van der Waals surface area contributed by atoms with Gasteiger partial charge in [-0.05, 0) is 83.5 Å². The molecule has 0 aliphatic carbocycles. The largest absolute Gasteiger partial charge is 0.477 e. The average molecular weight is 925 g/mol. The molecule has 0 fully saturated rings. The second kappa shape index (κ2) is 48.2. The lowest BCUT2D eigenvalue weighted by Gasteiger charge is -2.31. The number of carbonyl (C=O) groups is 3. The van der Waals surface area contributed by atoms with Crippen molar-refractivity contribution in [1.29, 1.82) is 0 Å². The van der Waals surface area contributed by atoms with Crippen molar-refractivity contribution in [1.82, 2.24) is 0 Å². The Morgan fingerprint density at radius 3 is 1.27 bits per heavy atom. The fourth-order valence-electron chi connectivity index (χ4n) is 7.70. The highest BCUT2D eigenvalue weighted by Gasteiger charge is 2.31. The monoisotopic (exact) mass is 925 g/mol. The van der Waals surface area contributed by atoms with E-state index in [1.165, 1.54) is 109 Å². The average Bonchev–Trinajstić information content (AvgIpc) is 3.28. The van der Waals surface area contributed by atoms with Crippen LogP contribution in [0.2, 0.25) is 0 Å². The fourth-order valence-corrected chi connectivity index (χ4v) is 7.70. The van der Waals surface area contributed by atoms with Gasteiger partial charge in [0, 0.05) is 19.3 Å². The van der Waals surface area contributed by atoms with Crippen LogP contribution in [-0.4, -0.2) is 80.6 Å². The van der Waals surface area contributed by atoms with Crippen molar-refractivity contribution in [3.63, 3.8) is 0 Å². The number of hydrogen-bond donors (Lipinski definition) is 1. The molecule has 8 heteroatoms. The maximum atomic E-state index is 12.8. The van der Waals surface area contributed by atoms with Gasteiger partial charge < -0.3 is 23.8 Å². The number of rotatable bonds is 48. The van der Waals surface area contributed by atoms with Crippen LogP contribution >= 0.6 is 0 Å². The number of ether oxygens (including phenoxy) is 3. The maximum absolute atomic E-state index is 12.8. The van der Waals surface area contributed by atoms with Crippen molar-refractivity contribution in [2.24, 2.45) is 0 Å². The topological polar surface area (TPSA) is 99.1 Å². The molecule has 2 atom stereocenters. The summed E-state index contributed by atoms with van der Waals surface area (Å²) >= 11 is 0. The van der Waals surface area contributed by atoms with Crippen LogP contribution in [0.3, 0.4) is 0 Å². The zero-order valence-electron chi connectivity index (χ0n) is 43.4. The van der Waals surface area contributed by atoms with E-state index in [1.54, 1.807) is 0 Å². The first-order chi connectivity index (χ1) is 32.1. The lowest BCUT2D eigenvalue weighted by atomic mass is 10.0. The van der Waals surface area contributed by atoms with Gasteiger partial charge in [-0.3, -0.25) is 9.59 Å². The molecule has 0 heterocycles. The van der Waals surface area contributed by atoms with Crippen molar-refractivity contribution < 1.29 is 38.2 Å². The van der Waals surface area contributed by atoms with Crippen LogP contribution in [0.25, 0.3) is 0 Å². The molecule has 2 unspecified atom stereocenters. The Labute approximate surface area is 406 Å². The van der Waals surface area contributed by atoms with Gasteiger partial charge in [0.15, 0.2) is 12.1 Å². The van der Waals surface area contributed by atoms with Crippen molar-refractivity contribution in [3.05, 3.63) is 72.9 Å². The molecule has 0 rings (SSSR count). The fraction of sp³-hybridized carbons (Fsp3) is 0.741. The van der Waals surface area contributed by atoms with E-state index < -0.39 is 18.1 Å². The number of allylic oxidation sites excluding steroid dienone is 12. The summed E-state index contributed by atoms with van der Waals surface area (Å²) in [6.07, 6.45) is 62.4. The van der Waals surface area contributed by atoms with E-state index in [2.05, 4.69) is 86.8 Å². The first kappa shape index (κ1) is 62.8. The highest BCUT2D eigenvalue weighted by Crippen LogP contribution is 2.15. The Hall–Kier alpha value is -3.23. The summed E-state index contributed by atoms with van der Waals surface area (Å²) in [5, 5.41) is 9.66. The van der Waals surface area contributed by atoms with Gasteiger partial charge in [-0.15, -0.1) is 0 Å². The number of aliphatic carboxylic acids is 1. The Morgan fingerprint density at radius 1 is 0.470 bits per heavy atom. The van der Waals surface area contributed by atoms with Crippen LogP contribution in [0.5, 0.6) is 0 Å². The molecule has 0 saturated carbocycles. The molecule has 0 saturated heterocycles. The summed E-state index contributed by atoms with van der Waals surface area (Å²) in [5.74, 6) is -1.50. The van der Waals surface area contributed by atoms with Crippen molar-refractivity contribution in [3.8, 4) is 0 Å². The second-order valence-corrected chi connectivity index (χ2v) is 19.1. The Morgan fingerprint density at radius 2 is 0.848 bits per heavy atom.